The molecule has 1 atom stereocenters. The molecule has 1 unspecified atom stereocenters. The molecule has 0 aromatic carbocycles. The molecule has 0 aliphatic carbocycles. The standard InChI is InChI=1S/C11H13BrN4/c1-8(12)7-13-9(2)11-15-14-10-5-3-4-6-16(10)11/h3-6,9,13H,1,7H2,2H3. The van der Waals surface area contributed by atoms with Gasteiger partial charge in [-0.2, -0.15) is 0 Å². The van der Waals surface area contributed by atoms with Crippen LogP contribution in [0.25, 0.3) is 5.65 Å². The van der Waals surface area contributed by atoms with Gasteiger partial charge in [0.1, 0.15) is 0 Å². The molecule has 0 aliphatic heterocycles. The zero-order valence-electron chi connectivity index (χ0n) is 9.02. The number of nitrogens with one attached hydrogen (secondary N) is 1. The number of hydrogen-bond donors (Lipinski definition) is 1. The Bertz CT molecular complexity index is 505. The number of fused-ring (bicyclic) bond motifs is 1. The maximum absolute atomic E-state index is 4.18. The third-order valence-electron chi connectivity index (χ3n) is 2.33. The molecule has 4 nitrogen and oxygen atoms in total. The van der Waals surface area contributed by atoms with Crippen LogP contribution in [0.15, 0.2) is 35.5 Å². The highest BCUT2D eigenvalue weighted by Gasteiger charge is 2.11. The number of halogens is 1. The number of rotatable bonds is 4. The van der Waals surface area contributed by atoms with Gasteiger partial charge < -0.3 is 5.32 Å². The van der Waals surface area contributed by atoms with Gasteiger partial charge in [0.2, 0.25) is 0 Å². The van der Waals surface area contributed by atoms with Crippen molar-refractivity contribution in [2.75, 3.05) is 6.54 Å². The molecule has 5 heteroatoms. The average molecular weight is 281 g/mol. The Morgan fingerprint density at radius 1 is 1.56 bits per heavy atom. The first-order valence-corrected chi connectivity index (χ1v) is 5.84. The summed E-state index contributed by atoms with van der Waals surface area (Å²) in [5.41, 5.74) is 0.865. The number of aromatic nitrogens is 3. The maximum Gasteiger partial charge on any atom is 0.160 e. The van der Waals surface area contributed by atoms with Gasteiger partial charge in [-0.25, -0.2) is 0 Å². The first-order chi connectivity index (χ1) is 7.68. The summed E-state index contributed by atoms with van der Waals surface area (Å²) < 4.78 is 2.91. The molecule has 0 saturated carbocycles. The lowest BCUT2D eigenvalue weighted by molar-refractivity contribution is 0.575. The fourth-order valence-electron chi connectivity index (χ4n) is 1.51. The summed E-state index contributed by atoms with van der Waals surface area (Å²) in [6.45, 7) is 6.55. The zero-order chi connectivity index (χ0) is 11.5. The van der Waals surface area contributed by atoms with E-state index in [2.05, 4.69) is 44.9 Å². The molecule has 16 heavy (non-hydrogen) atoms. The van der Waals surface area contributed by atoms with Gasteiger partial charge in [-0.3, -0.25) is 4.40 Å². The average Bonchev–Trinajstić information content (AvgIpc) is 2.69. The molecule has 2 rings (SSSR count). The molecule has 0 bridgehead atoms. The summed E-state index contributed by atoms with van der Waals surface area (Å²) in [5.74, 6) is 0.907. The minimum absolute atomic E-state index is 0.131. The van der Waals surface area contributed by atoms with Crippen molar-refractivity contribution in [2.24, 2.45) is 0 Å². The Morgan fingerprint density at radius 3 is 3.12 bits per heavy atom. The van der Waals surface area contributed by atoms with Crippen molar-refractivity contribution >= 4 is 21.6 Å². The van der Waals surface area contributed by atoms with Crippen LogP contribution in [0.4, 0.5) is 0 Å². The molecule has 84 valence electrons. The van der Waals surface area contributed by atoms with Gasteiger partial charge in [0, 0.05) is 17.2 Å². The lowest BCUT2D eigenvalue weighted by Crippen LogP contribution is -2.21. The van der Waals surface area contributed by atoms with Crippen molar-refractivity contribution in [3.8, 4) is 0 Å². The fraction of sp³-hybridized carbons (Fsp3) is 0.273. The number of hydrogen-bond acceptors (Lipinski definition) is 3. The molecule has 1 N–H and O–H groups in total. The molecule has 0 spiro atoms. The Kier molecular flexibility index (Phi) is 3.36. The van der Waals surface area contributed by atoms with E-state index in [1.807, 2.05) is 28.8 Å². The topological polar surface area (TPSA) is 42.2 Å². The van der Waals surface area contributed by atoms with Crippen LogP contribution in [0.2, 0.25) is 0 Å². The van der Waals surface area contributed by atoms with E-state index < -0.39 is 0 Å². The Labute approximate surface area is 103 Å². The van der Waals surface area contributed by atoms with E-state index >= 15 is 0 Å². The predicted octanol–water partition coefficient (Wildman–Crippen LogP) is 2.29. The third kappa shape index (κ3) is 2.31. The summed E-state index contributed by atoms with van der Waals surface area (Å²) in [5, 5.41) is 11.6. The van der Waals surface area contributed by atoms with Crippen molar-refractivity contribution in [3.63, 3.8) is 0 Å². The van der Waals surface area contributed by atoms with Crippen molar-refractivity contribution in [1.29, 1.82) is 0 Å². The second kappa shape index (κ2) is 4.76. The van der Waals surface area contributed by atoms with Crippen molar-refractivity contribution in [3.05, 3.63) is 41.3 Å². The Hall–Kier alpha value is -1.20. The monoisotopic (exact) mass is 280 g/mol. The van der Waals surface area contributed by atoms with Crippen LogP contribution in [0.1, 0.15) is 18.8 Å². The Balaban J connectivity index is 2.22. The van der Waals surface area contributed by atoms with Crippen LogP contribution in [0.3, 0.4) is 0 Å². The third-order valence-corrected chi connectivity index (χ3v) is 2.61. The van der Waals surface area contributed by atoms with Crippen molar-refractivity contribution in [1.82, 2.24) is 19.9 Å². The predicted molar refractivity (Wildman–Crippen MR) is 67.5 cm³/mol. The number of pyridine rings is 1. The molecule has 2 heterocycles. The van der Waals surface area contributed by atoms with Crippen LogP contribution in [0.5, 0.6) is 0 Å². The normalized spacial score (nSPS) is 12.9. The lowest BCUT2D eigenvalue weighted by atomic mass is 10.3. The molecule has 0 amide bonds. The highest BCUT2D eigenvalue weighted by molar-refractivity contribution is 9.11. The molecule has 0 aliphatic rings. The summed E-state index contributed by atoms with van der Waals surface area (Å²) in [6.07, 6.45) is 1.96. The molecule has 0 radical (unpaired) electrons. The lowest BCUT2D eigenvalue weighted by Gasteiger charge is -2.11. The van der Waals surface area contributed by atoms with E-state index in [1.165, 1.54) is 0 Å². The van der Waals surface area contributed by atoms with Crippen LogP contribution < -0.4 is 5.32 Å². The van der Waals surface area contributed by atoms with Gasteiger partial charge in [0.15, 0.2) is 11.5 Å². The molecule has 0 fully saturated rings. The zero-order valence-corrected chi connectivity index (χ0v) is 10.6. The van der Waals surface area contributed by atoms with Gasteiger partial charge >= 0.3 is 0 Å². The van der Waals surface area contributed by atoms with E-state index in [-0.39, 0.29) is 6.04 Å². The van der Waals surface area contributed by atoms with Gasteiger partial charge in [0.25, 0.3) is 0 Å². The van der Waals surface area contributed by atoms with E-state index in [4.69, 9.17) is 0 Å². The van der Waals surface area contributed by atoms with E-state index in [1.54, 1.807) is 0 Å². The smallest absolute Gasteiger partial charge is 0.160 e. The van der Waals surface area contributed by atoms with Gasteiger partial charge in [-0.1, -0.05) is 28.6 Å². The van der Waals surface area contributed by atoms with Crippen molar-refractivity contribution in [2.45, 2.75) is 13.0 Å². The molecule has 0 saturated heterocycles. The molecule has 2 aromatic rings. The van der Waals surface area contributed by atoms with Crippen LogP contribution in [0, 0.1) is 0 Å². The summed E-state index contributed by atoms with van der Waals surface area (Å²) >= 11 is 3.32. The van der Waals surface area contributed by atoms with Crippen LogP contribution in [-0.4, -0.2) is 21.1 Å². The van der Waals surface area contributed by atoms with Gasteiger partial charge in [0.05, 0.1) is 6.04 Å². The molecule has 2 aromatic heterocycles. The molecular weight excluding hydrogens is 268 g/mol. The minimum Gasteiger partial charge on any atom is -0.303 e. The van der Waals surface area contributed by atoms with Gasteiger partial charge in [-0.05, 0) is 19.1 Å². The largest absolute Gasteiger partial charge is 0.303 e. The second-order valence-electron chi connectivity index (χ2n) is 3.61. The fourth-order valence-corrected chi connectivity index (χ4v) is 1.67. The molecular formula is C11H13BrN4. The second-order valence-corrected chi connectivity index (χ2v) is 4.73. The van der Waals surface area contributed by atoms with Gasteiger partial charge in [-0.15, -0.1) is 10.2 Å². The van der Waals surface area contributed by atoms with Crippen LogP contribution >= 0.6 is 15.9 Å². The first-order valence-electron chi connectivity index (χ1n) is 5.05. The highest BCUT2D eigenvalue weighted by atomic mass is 79.9. The summed E-state index contributed by atoms with van der Waals surface area (Å²) in [6, 6.07) is 5.99. The van der Waals surface area contributed by atoms with E-state index in [0.717, 1.165) is 16.0 Å². The minimum atomic E-state index is 0.131. The first kappa shape index (κ1) is 11.3. The number of nitrogens with zero attached hydrogens (tertiary/aromatic N) is 3. The van der Waals surface area contributed by atoms with E-state index in [0.29, 0.717) is 6.54 Å². The summed E-state index contributed by atoms with van der Waals surface area (Å²) in [4.78, 5) is 0. The Morgan fingerprint density at radius 2 is 2.38 bits per heavy atom. The van der Waals surface area contributed by atoms with E-state index in [9.17, 15) is 0 Å². The van der Waals surface area contributed by atoms with Crippen molar-refractivity contribution < 1.29 is 0 Å². The van der Waals surface area contributed by atoms with Crippen LogP contribution in [-0.2, 0) is 0 Å². The SMILES string of the molecule is C=C(Br)CNC(C)c1nnc2ccccn12. The quantitative estimate of drug-likeness (QED) is 0.935. The maximum atomic E-state index is 4.18. The highest BCUT2D eigenvalue weighted by Crippen LogP contribution is 2.12. The summed E-state index contributed by atoms with van der Waals surface area (Å²) in [7, 11) is 0.